The Balaban J connectivity index is 1.42. The summed E-state index contributed by atoms with van der Waals surface area (Å²) in [6, 6.07) is 15.5. The summed E-state index contributed by atoms with van der Waals surface area (Å²) in [5.74, 6) is -1.04. The molecule has 0 radical (unpaired) electrons. The van der Waals surface area contributed by atoms with Crippen molar-refractivity contribution in [3.8, 4) is 11.1 Å². The van der Waals surface area contributed by atoms with Gasteiger partial charge in [-0.2, -0.15) is 0 Å². The lowest BCUT2D eigenvalue weighted by Gasteiger charge is -2.17. The van der Waals surface area contributed by atoms with E-state index in [4.69, 9.17) is 9.84 Å². The molecular weight excluding hydrogens is 420 g/mol. The molecule has 0 heterocycles. The van der Waals surface area contributed by atoms with Crippen molar-refractivity contribution in [2.75, 3.05) is 13.2 Å². The molecule has 176 valence electrons. The summed E-state index contributed by atoms with van der Waals surface area (Å²) in [4.78, 5) is 35.0. The molecule has 7 nitrogen and oxygen atoms in total. The van der Waals surface area contributed by atoms with Crippen molar-refractivity contribution in [1.82, 2.24) is 10.6 Å². The Morgan fingerprint density at radius 2 is 1.61 bits per heavy atom. The SMILES string of the molecule is CCC(CCNC(=O)OCC1c2ccccc2-c2ccccc21)CCC(=O)N[C@H](C)C(=O)O. The van der Waals surface area contributed by atoms with Crippen LogP contribution in [0.3, 0.4) is 0 Å². The molecular formula is C26H32N2O5. The van der Waals surface area contributed by atoms with Crippen molar-refractivity contribution >= 4 is 18.0 Å². The molecule has 0 aromatic heterocycles. The van der Waals surface area contributed by atoms with E-state index >= 15 is 0 Å². The van der Waals surface area contributed by atoms with Crippen molar-refractivity contribution < 1.29 is 24.2 Å². The third-order valence-electron chi connectivity index (χ3n) is 6.27. The Morgan fingerprint density at radius 1 is 1.00 bits per heavy atom. The summed E-state index contributed by atoms with van der Waals surface area (Å²) in [6.07, 6.45) is 2.05. The molecule has 1 unspecified atom stereocenters. The average Bonchev–Trinajstić information content (AvgIpc) is 3.13. The zero-order chi connectivity index (χ0) is 23.8. The molecule has 2 aromatic rings. The van der Waals surface area contributed by atoms with Gasteiger partial charge in [0, 0.05) is 18.9 Å². The van der Waals surface area contributed by atoms with Crippen LogP contribution < -0.4 is 10.6 Å². The van der Waals surface area contributed by atoms with Gasteiger partial charge in [0.25, 0.3) is 0 Å². The van der Waals surface area contributed by atoms with Crippen LogP contribution in [-0.4, -0.2) is 42.3 Å². The summed E-state index contributed by atoms with van der Waals surface area (Å²) in [5.41, 5.74) is 4.73. The minimum Gasteiger partial charge on any atom is -0.480 e. The van der Waals surface area contributed by atoms with Gasteiger partial charge in [0.1, 0.15) is 12.6 Å². The van der Waals surface area contributed by atoms with Crippen LogP contribution in [0.5, 0.6) is 0 Å². The molecule has 0 saturated carbocycles. The molecule has 1 aliphatic carbocycles. The van der Waals surface area contributed by atoms with Crippen molar-refractivity contribution in [2.45, 2.75) is 51.5 Å². The van der Waals surface area contributed by atoms with Crippen LogP contribution in [0.2, 0.25) is 0 Å². The highest BCUT2D eigenvalue weighted by atomic mass is 16.5. The van der Waals surface area contributed by atoms with Crippen molar-refractivity contribution in [1.29, 1.82) is 0 Å². The van der Waals surface area contributed by atoms with Gasteiger partial charge in [-0.25, -0.2) is 4.79 Å². The number of hydrogen-bond donors (Lipinski definition) is 3. The fourth-order valence-electron chi connectivity index (χ4n) is 4.29. The van der Waals surface area contributed by atoms with E-state index in [1.165, 1.54) is 29.2 Å². The standard InChI is InChI=1S/C26H32N2O5/c1-3-18(12-13-24(29)28-17(2)25(30)31)14-15-27-26(32)33-16-23-21-10-6-4-8-19(21)20-9-5-7-11-22(20)23/h4-11,17-18,23H,3,12-16H2,1-2H3,(H,27,32)(H,28,29)(H,30,31)/t17-,18?/m1/s1. The molecule has 2 atom stereocenters. The molecule has 3 rings (SSSR count). The quantitative estimate of drug-likeness (QED) is 0.471. The molecule has 7 heteroatoms. The van der Waals surface area contributed by atoms with E-state index < -0.39 is 18.1 Å². The van der Waals surface area contributed by atoms with Gasteiger partial charge in [-0.15, -0.1) is 0 Å². The number of nitrogens with one attached hydrogen (secondary N) is 2. The minimum absolute atomic E-state index is 0.0262. The van der Waals surface area contributed by atoms with Crippen molar-refractivity contribution in [3.05, 3.63) is 59.7 Å². The van der Waals surface area contributed by atoms with E-state index in [1.54, 1.807) is 0 Å². The first-order chi connectivity index (χ1) is 15.9. The number of hydrogen-bond acceptors (Lipinski definition) is 4. The van der Waals surface area contributed by atoms with Crippen LogP contribution in [0.25, 0.3) is 11.1 Å². The first-order valence-electron chi connectivity index (χ1n) is 11.5. The summed E-state index contributed by atoms with van der Waals surface area (Å²) < 4.78 is 5.55. The number of benzene rings is 2. The lowest BCUT2D eigenvalue weighted by Crippen LogP contribution is -2.38. The number of fused-ring (bicyclic) bond motifs is 3. The van der Waals surface area contributed by atoms with Gasteiger partial charge in [0.2, 0.25) is 5.91 Å². The molecule has 2 amide bonds. The Kier molecular flexibility index (Phi) is 8.46. The number of carboxylic acids is 1. The maximum absolute atomic E-state index is 12.3. The smallest absolute Gasteiger partial charge is 0.407 e. The molecule has 0 fully saturated rings. The maximum atomic E-state index is 12.3. The van der Waals surface area contributed by atoms with E-state index in [1.807, 2.05) is 31.2 Å². The van der Waals surface area contributed by atoms with Gasteiger partial charge in [0.15, 0.2) is 0 Å². The zero-order valence-corrected chi connectivity index (χ0v) is 19.2. The molecule has 33 heavy (non-hydrogen) atoms. The van der Waals surface area contributed by atoms with Gasteiger partial charge in [0.05, 0.1) is 0 Å². The summed E-state index contributed by atoms with van der Waals surface area (Å²) >= 11 is 0. The van der Waals surface area contributed by atoms with Crippen LogP contribution in [0.4, 0.5) is 4.79 Å². The topological polar surface area (TPSA) is 105 Å². The Labute approximate surface area is 194 Å². The van der Waals surface area contributed by atoms with E-state index in [0.29, 0.717) is 13.0 Å². The number of carbonyl (C=O) groups excluding carboxylic acids is 2. The summed E-state index contributed by atoms with van der Waals surface area (Å²) in [6.45, 7) is 4.22. The van der Waals surface area contributed by atoms with Crippen LogP contribution in [0.1, 0.15) is 56.6 Å². The van der Waals surface area contributed by atoms with E-state index in [2.05, 4.69) is 34.9 Å². The molecule has 0 saturated heterocycles. The Hall–Kier alpha value is -3.35. The largest absolute Gasteiger partial charge is 0.480 e. The normalized spacial score (nSPS) is 14.0. The molecule has 1 aliphatic rings. The summed E-state index contributed by atoms with van der Waals surface area (Å²) in [7, 11) is 0. The first kappa shape index (κ1) is 24.3. The second-order valence-corrected chi connectivity index (χ2v) is 8.48. The number of carboxylic acid groups (broad SMARTS) is 1. The fraction of sp³-hybridized carbons (Fsp3) is 0.423. The van der Waals surface area contributed by atoms with Crippen molar-refractivity contribution in [2.24, 2.45) is 5.92 Å². The fourth-order valence-corrected chi connectivity index (χ4v) is 4.29. The van der Waals surface area contributed by atoms with Gasteiger partial charge >= 0.3 is 12.1 Å². The maximum Gasteiger partial charge on any atom is 0.407 e. The van der Waals surface area contributed by atoms with Crippen LogP contribution >= 0.6 is 0 Å². The van der Waals surface area contributed by atoms with Crippen LogP contribution in [-0.2, 0) is 14.3 Å². The number of aliphatic carboxylic acids is 1. The van der Waals surface area contributed by atoms with E-state index in [0.717, 1.165) is 12.8 Å². The Morgan fingerprint density at radius 3 is 2.18 bits per heavy atom. The second kappa shape index (κ2) is 11.5. The zero-order valence-electron chi connectivity index (χ0n) is 19.2. The van der Waals surface area contributed by atoms with Gasteiger partial charge in [-0.05, 0) is 47.9 Å². The van der Waals surface area contributed by atoms with Crippen LogP contribution in [0, 0.1) is 5.92 Å². The number of ether oxygens (including phenoxy) is 1. The number of alkyl carbamates (subject to hydrolysis) is 1. The number of carbonyl (C=O) groups is 3. The monoisotopic (exact) mass is 452 g/mol. The van der Waals surface area contributed by atoms with E-state index in [-0.39, 0.29) is 30.8 Å². The average molecular weight is 453 g/mol. The Bertz CT molecular complexity index is 945. The molecule has 3 N–H and O–H groups in total. The van der Waals surface area contributed by atoms with Crippen molar-refractivity contribution in [3.63, 3.8) is 0 Å². The van der Waals surface area contributed by atoms with Gasteiger partial charge in [-0.1, -0.05) is 61.9 Å². The number of amides is 2. The molecule has 0 aliphatic heterocycles. The number of rotatable bonds is 11. The molecule has 2 aromatic carbocycles. The minimum atomic E-state index is -1.05. The molecule has 0 spiro atoms. The lowest BCUT2D eigenvalue weighted by atomic mass is 9.96. The predicted molar refractivity (Wildman–Crippen MR) is 126 cm³/mol. The lowest BCUT2D eigenvalue weighted by molar-refractivity contribution is -0.141. The van der Waals surface area contributed by atoms with Crippen LogP contribution in [0.15, 0.2) is 48.5 Å². The highest BCUT2D eigenvalue weighted by molar-refractivity contribution is 5.83. The van der Waals surface area contributed by atoms with Gasteiger partial charge in [-0.3, -0.25) is 9.59 Å². The third kappa shape index (κ3) is 6.34. The highest BCUT2D eigenvalue weighted by Crippen LogP contribution is 2.44. The molecule has 0 bridgehead atoms. The second-order valence-electron chi connectivity index (χ2n) is 8.48. The van der Waals surface area contributed by atoms with E-state index in [9.17, 15) is 14.4 Å². The highest BCUT2D eigenvalue weighted by Gasteiger charge is 2.29. The third-order valence-corrected chi connectivity index (χ3v) is 6.27. The van der Waals surface area contributed by atoms with Gasteiger partial charge < -0.3 is 20.5 Å². The summed E-state index contributed by atoms with van der Waals surface area (Å²) in [5, 5.41) is 14.1. The first-order valence-corrected chi connectivity index (χ1v) is 11.5. The predicted octanol–water partition coefficient (Wildman–Crippen LogP) is 4.31.